The maximum Gasteiger partial charge on any atom is 0.251 e. The van der Waals surface area contributed by atoms with Gasteiger partial charge in [-0.2, -0.15) is 0 Å². The lowest BCUT2D eigenvalue weighted by atomic mass is 10.1. The molecule has 1 fully saturated rings. The highest BCUT2D eigenvalue weighted by Gasteiger charge is 2.31. The van der Waals surface area contributed by atoms with Gasteiger partial charge in [-0.15, -0.1) is 0 Å². The fourth-order valence-electron chi connectivity index (χ4n) is 3.63. The Labute approximate surface area is 155 Å². The maximum atomic E-state index is 12.7. The number of rotatable bonds is 3. The Balaban J connectivity index is 1.54. The first kappa shape index (κ1) is 16.8. The molecule has 6 heteroatoms. The molecule has 0 spiro atoms. The number of hydrogen-bond acceptors (Lipinski definition) is 3. The van der Waals surface area contributed by atoms with Crippen LogP contribution in [0, 0.1) is 0 Å². The van der Waals surface area contributed by atoms with E-state index >= 15 is 0 Å². The molecule has 0 radical (unpaired) electrons. The molecule has 1 atom stereocenters. The van der Waals surface area contributed by atoms with E-state index in [0.717, 1.165) is 28.9 Å². The van der Waals surface area contributed by atoms with Crippen LogP contribution >= 0.6 is 11.6 Å². The number of anilines is 1. The van der Waals surface area contributed by atoms with E-state index in [9.17, 15) is 14.4 Å². The average Bonchev–Trinajstić information content (AvgIpc) is 3.17. The Morgan fingerprint density at radius 3 is 2.58 bits per heavy atom. The summed E-state index contributed by atoms with van der Waals surface area (Å²) in [6.45, 7) is 0. The molecule has 132 valence electrons. The Kier molecular flexibility index (Phi) is 4.24. The number of fused-ring (bicyclic) bond motifs is 1. The summed E-state index contributed by atoms with van der Waals surface area (Å²) >= 11 is 6.03. The zero-order valence-electron chi connectivity index (χ0n) is 14.0. The summed E-state index contributed by atoms with van der Waals surface area (Å²) in [5.74, 6) is -0.679. The molecule has 1 aliphatic heterocycles. The number of hydrogen-bond donors (Lipinski definition) is 1. The van der Waals surface area contributed by atoms with E-state index in [4.69, 9.17) is 11.6 Å². The molecular weight excluding hydrogens is 352 g/mol. The Morgan fingerprint density at radius 2 is 1.81 bits per heavy atom. The van der Waals surface area contributed by atoms with Gasteiger partial charge in [0.2, 0.25) is 11.8 Å². The first-order valence-corrected chi connectivity index (χ1v) is 8.96. The van der Waals surface area contributed by atoms with E-state index in [-0.39, 0.29) is 36.6 Å². The minimum absolute atomic E-state index is 0.0616. The molecule has 1 saturated heterocycles. The molecule has 1 N–H and O–H groups in total. The zero-order chi connectivity index (χ0) is 18.3. The first-order valence-electron chi connectivity index (χ1n) is 8.58. The minimum atomic E-state index is -0.228. The van der Waals surface area contributed by atoms with Crippen LogP contribution in [0.3, 0.4) is 0 Å². The highest BCUT2D eigenvalue weighted by atomic mass is 35.5. The van der Waals surface area contributed by atoms with Crippen molar-refractivity contribution < 1.29 is 14.4 Å². The van der Waals surface area contributed by atoms with Crippen molar-refractivity contribution in [3.05, 3.63) is 64.2 Å². The smallest absolute Gasteiger partial charge is 0.251 e. The van der Waals surface area contributed by atoms with Crippen molar-refractivity contribution in [1.29, 1.82) is 0 Å². The van der Waals surface area contributed by atoms with Crippen molar-refractivity contribution in [1.82, 2.24) is 5.32 Å². The zero-order valence-corrected chi connectivity index (χ0v) is 14.8. The van der Waals surface area contributed by atoms with Crippen LogP contribution in [0.5, 0.6) is 0 Å². The SMILES string of the molecule is O=C(NC1CCc2cc(Cl)ccc21)c1cccc(N2C(=O)CCC2=O)c1. The van der Waals surface area contributed by atoms with Crippen LogP contribution in [0.4, 0.5) is 5.69 Å². The van der Waals surface area contributed by atoms with Gasteiger partial charge in [-0.3, -0.25) is 19.3 Å². The molecule has 3 amide bonds. The fraction of sp³-hybridized carbons (Fsp3) is 0.250. The van der Waals surface area contributed by atoms with Gasteiger partial charge in [-0.1, -0.05) is 23.7 Å². The van der Waals surface area contributed by atoms with E-state index in [1.54, 1.807) is 24.3 Å². The highest BCUT2D eigenvalue weighted by molar-refractivity contribution is 6.30. The summed E-state index contributed by atoms with van der Waals surface area (Å²) in [5.41, 5.74) is 3.12. The standard InChI is InChI=1S/C20H17ClN2O3/c21-14-5-6-16-12(10-14)4-7-17(16)22-20(26)13-2-1-3-15(11-13)23-18(24)8-9-19(23)25/h1-3,5-6,10-11,17H,4,7-9H2,(H,22,26). The largest absolute Gasteiger partial charge is 0.345 e. The molecule has 26 heavy (non-hydrogen) atoms. The van der Waals surface area contributed by atoms with Crippen LogP contribution in [0.25, 0.3) is 0 Å². The molecule has 0 bridgehead atoms. The number of aryl methyl sites for hydroxylation is 1. The Hall–Kier alpha value is -2.66. The van der Waals surface area contributed by atoms with Crippen LogP contribution in [-0.2, 0) is 16.0 Å². The second-order valence-corrected chi connectivity index (χ2v) is 7.02. The van der Waals surface area contributed by atoms with Crippen molar-refractivity contribution >= 4 is 35.0 Å². The van der Waals surface area contributed by atoms with Crippen molar-refractivity contribution in [3.8, 4) is 0 Å². The average molecular weight is 369 g/mol. The van der Waals surface area contributed by atoms with E-state index in [1.807, 2.05) is 18.2 Å². The predicted octanol–water partition coefficient (Wildman–Crippen LogP) is 3.41. The summed E-state index contributed by atoms with van der Waals surface area (Å²) < 4.78 is 0. The third-order valence-electron chi connectivity index (χ3n) is 4.91. The molecule has 1 heterocycles. The van der Waals surface area contributed by atoms with E-state index in [0.29, 0.717) is 16.3 Å². The molecule has 4 rings (SSSR count). The fourth-order valence-corrected chi connectivity index (χ4v) is 3.82. The van der Waals surface area contributed by atoms with Gasteiger partial charge in [0, 0.05) is 23.4 Å². The number of carbonyl (C=O) groups is 3. The molecule has 0 aromatic heterocycles. The molecule has 1 unspecified atom stereocenters. The van der Waals surface area contributed by atoms with Crippen LogP contribution in [0.15, 0.2) is 42.5 Å². The summed E-state index contributed by atoms with van der Waals surface area (Å²) in [6, 6.07) is 12.3. The molecule has 2 aromatic carbocycles. The predicted molar refractivity (Wildman–Crippen MR) is 98.1 cm³/mol. The molecule has 2 aromatic rings. The van der Waals surface area contributed by atoms with Gasteiger partial charge in [-0.05, 0) is 54.3 Å². The number of imide groups is 1. The Morgan fingerprint density at radius 1 is 1.04 bits per heavy atom. The molecule has 0 saturated carbocycles. The second kappa shape index (κ2) is 6.57. The second-order valence-electron chi connectivity index (χ2n) is 6.58. The van der Waals surface area contributed by atoms with Crippen LogP contribution in [0.1, 0.15) is 46.8 Å². The topological polar surface area (TPSA) is 66.5 Å². The lowest BCUT2D eigenvalue weighted by molar-refractivity contribution is -0.121. The van der Waals surface area contributed by atoms with Crippen LogP contribution < -0.4 is 10.2 Å². The Bertz CT molecular complexity index is 909. The number of benzene rings is 2. The van der Waals surface area contributed by atoms with Crippen molar-refractivity contribution in [2.24, 2.45) is 0 Å². The summed E-state index contributed by atoms with van der Waals surface area (Å²) in [5, 5.41) is 3.74. The molecule has 5 nitrogen and oxygen atoms in total. The number of halogens is 1. The van der Waals surface area contributed by atoms with Gasteiger partial charge in [0.15, 0.2) is 0 Å². The van der Waals surface area contributed by atoms with Crippen LogP contribution in [-0.4, -0.2) is 17.7 Å². The lowest BCUT2D eigenvalue weighted by Crippen LogP contribution is -2.30. The maximum absolute atomic E-state index is 12.7. The number of nitrogens with one attached hydrogen (secondary N) is 1. The van der Waals surface area contributed by atoms with E-state index in [1.165, 1.54) is 0 Å². The van der Waals surface area contributed by atoms with Gasteiger partial charge < -0.3 is 5.32 Å². The summed E-state index contributed by atoms with van der Waals surface area (Å²) in [7, 11) is 0. The van der Waals surface area contributed by atoms with Gasteiger partial charge >= 0.3 is 0 Å². The quantitative estimate of drug-likeness (QED) is 0.844. The highest BCUT2D eigenvalue weighted by Crippen LogP contribution is 2.33. The molecule has 1 aliphatic carbocycles. The molecule has 2 aliphatic rings. The monoisotopic (exact) mass is 368 g/mol. The van der Waals surface area contributed by atoms with E-state index < -0.39 is 0 Å². The third-order valence-corrected chi connectivity index (χ3v) is 5.14. The lowest BCUT2D eigenvalue weighted by Gasteiger charge is -2.17. The van der Waals surface area contributed by atoms with Gasteiger partial charge in [0.1, 0.15) is 0 Å². The van der Waals surface area contributed by atoms with Gasteiger partial charge in [-0.25, -0.2) is 0 Å². The van der Waals surface area contributed by atoms with Crippen molar-refractivity contribution in [3.63, 3.8) is 0 Å². The van der Waals surface area contributed by atoms with E-state index in [2.05, 4.69) is 5.32 Å². The first-order chi connectivity index (χ1) is 12.5. The number of amides is 3. The summed E-state index contributed by atoms with van der Waals surface area (Å²) in [4.78, 5) is 37.6. The van der Waals surface area contributed by atoms with Gasteiger partial charge in [0.25, 0.3) is 5.91 Å². The number of nitrogens with zero attached hydrogens (tertiary/aromatic N) is 1. The van der Waals surface area contributed by atoms with Crippen molar-refractivity contribution in [2.75, 3.05) is 4.90 Å². The molecular formula is C20H17ClN2O3. The minimum Gasteiger partial charge on any atom is -0.345 e. The van der Waals surface area contributed by atoms with Crippen LogP contribution in [0.2, 0.25) is 5.02 Å². The normalized spacial score (nSPS) is 19.0. The third kappa shape index (κ3) is 2.99. The van der Waals surface area contributed by atoms with Crippen molar-refractivity contribution in [2.45, 2.75) is 31.7 Å². The number of carbonyl (C=O) groups excluding carboxylic acids is 3. The van der Waals surface area contributed by atoms with Gasteiger partial charge in [0.05, 0.1) is 11.7 Å². The summed E-state index contributed by atoms with van der Waals surface area (Å²) in [6.07, 6.45) is 2.13.